The molecular formula is C2H12ClN2O2P. The van der Waals surface area contributed by atoms with Crippen molar-refractivity contribution in [3.8, 4) is 0 Å². The number of halogens is 1. The van der Waals surface area contributed by atoms with Crippen LogP contribution >= 0.6 is 20.1 Å². The predicted octanol–water partition coefficient (Wildman–Crippen LogP) is -1.19. The Hall–Kier alpha value is 0.560. The molecule has 0 aliphatic carbocycles. The molecule has 4 nitrogen and oxygen atoms in total. The molecule has 0 fully saturated rings. The fourth-order valence-electron chi connectivity index (χ4n) is 0.0833. The molecule has 8 heavy (non-hydrogen) atoms. The van der Waals surface area contributed by atoms with Gasteiger partial charge < -0.3 is 0 Å². The van der Waals surface area contributed by atoms with Crippen molar-refractivity contribution in [2.75, 3.05) is 12.6 Å². The molecule has 0 radical (unpaired) electrons. The zero-order valence-electron chi connectivity index (χ0n) is 4.37. The van der Waals surface area contributed by atoms with Gasteiger partial charge in [0, 0.05) is 0 Å². The van der Waals surface area contributed by atoms with Crippen LogP contribution in [-0.4, -0.2) is 22.4 Å². The number of rotatable bonds is 2. The molecule has 0 aliphatic heterocycles. The van der Waals surface area contributed by atoms with Crippen molar-refractivity contribution < 1.29 is 9.79 Å². The van der Waals surface area contributed by atoms with Crippen LogP contribution in [0.5, 0.6) is 0 Å². The first-order valence-electron chi connectivity index (χ1n) is 1.97. The summed E-state index contributed by atoms with van der Waals surface area (Å²) in [5.41, 5.74) is 9.80. The summed E-state index contributed by atoms with van der Waals surface area (Å²) in [6.07, 6.45) is -0.160. The van der Waals surface area contributed by atoms with Gasteiger partial charge in [-0.05, 0) is 0 Å². The van der Waals surface area contributed by atoms with Crippen LogP contribution < -0.4 is 11.5 Å². The number of hydrogen-bond donors (Lipinski definition) is 4. The summed E-state index contributed by atoms with van der Waals surface area (Å²) < 4.78 is 0. The molecule has 0 spiro atoms. The van der Waals surface area contributed by atoms with E-state index in [2.05, 4.69) is 0 Å². The van der Waals surface area contributed by atoms with Gasteiger partial charge in [0.25, 0.3) is 0 Å². The quantitative estimate of drug-likeness (QED) is 0.384. The Balaban J connectivity index is 0. The molecule has 0 rings (SSSR count). The molecule has 0 bridgehead atoms. The second-order valence-corrected chi connectivity index (χ2v) is 4.17. The fourth-order valence-corrected chi connectivity index (χ4v) is 0.250. The molecule has 54 valence electrons. The van der Waals surface area contributed by atoms with Crippen LogP contribution in [0.3, 0.4) is 0 Å². The summed E-state index contributed by atoms with van der Waals surface area (Å²) in [5, 5.41) is 0. The Kier molecular flexibility index (Phi) is 6.31. The van der Waals surface area contributed by atoms with E-state index < -0.39 is 7.72 Å². The molecule has 0 aromatic heterocycles. The topological polar surface area (TPSA) is 92.5 Å². The molecule has 0 saturated carbocycles. The first-order chi connectivity index (χ1) is 3.12. The minimum absolute atomic E-state index is 0. The summed E-state index contributed by atoms with van der Waals surface area (Å²) in [6.45, 7) is 0. The molecule has 0 aliphatic rings. The Morgan fingerprint density at radius 3 is 1.38 bits per heavy atom. The third-order valence-corrected chi connectivity index (χ3v) is 1.96. The van der Waals surface area contributed by atoms with Crippen molar-refractivity contribution in [1.29, 1.82) is 0 Å². The maximum atomic E-state index is 8.58. The van der Waals surface area contributed by atoms with Gasteiger partial charge in [-0.2, -0.15) is 0 Å². The molecule has 0 aromatic carbocycles. The van der Waals surface area contributed by atoms with Gasteiger partial charge in [-0.15, -0.1) is 12.4 Å². The maximum absolute atomic E-state index is 8.58. The van der Waals surface area contributed by atoms with Gasteiger partial charge in [-0.3, -0.25) is 0 Å². The van der Waals surface area contributed by atoms with Gasteiger partial charge in [0.05, 0.1) is 0 Å². The molecule has 0 amide bonds. The molecule has 0 heterocycles. The van der Waals surface area contributed by atoms with Crippen molar-refractivity contribution in [1.82, 2.24) is 0 Å². The van der Waals surface area contributed by atoms with Gasteiger partial charge in [0.2, 0.25) is 0 Å². The molecule has 0 atom stereocenters. The van der Waals surface area contributed by atoms with E-state index in [9.17, 15) is 0 Å². The zero-order valence-corrected chi connectivity index (χ0v) is 6.19. The average Bonchev–Trinajstić information content (AvgIpc) is 1.68. The Morgan fingerprint density at radius 2 is 1.38 bits per heavy atom. The third-order valence-electron chi connectivity index (χ3n) is 0.654. The van der Waals surface area contributed by atoms with Gasteiger partial charge in [0.15, 0.2) is 0 Å². The van der Waals surface area contributed by atoms with Crippen LogP contribution in [0.15, 0.2) is 0 Å². The van der Waals surface area contributed by atoms with E-state index in [-0.39, 0.29) is 25.0 Å². The monoisotopic (exact) mass is 162 g/mol. The van der Waals surface area contributed by atoms with Crippen molar-refractivity contribution in [3.05, 3.63) is 0 Å². The van der Waals surface area contributed by atoms with Crippen molar-refractivity contribution in [3.63, 3.8) is 0 Å². The van der Waals surface area contributed by atoms with Gasteiger partial charge in [0.1, 0.15) is 0 Å². The third kappa shape index (κ3) is 4.71. The van der Waals surface area contributed by atoms with Crippen LogP contribution in [0.2, 0.25) is 0 Å². The second-order valence-electron chi connectivity index (χ2n) is 1.39. The van der Waals surface area contributed by atoms with Crippen LogP contribution in [0.4, 0.5) is 0 Å². The van der Waals surface area contributed by atoms with E-state index in [0.29, 0.717) is 0 Å². The van der Waals surface area contributed by atoms with Crippen LogP contribution in [0, 0.1) is 0 Å². The van der Waals surface area contributed by atoms with Gasteiger partial charge >= 0.3 is 41.5 Å². The first kappa shape index (κ1) is 11.4. The molecule has 0 saturated heterocycles. The summed E-state index contributed by atoms with van der Waals surface area (Å²) in [6, 6.07) is 0. The molecule has 6 heteroatoms. The summed E-state index contributed by atoms with van der Waals surface area (Å²) in [4.78, 5) is 17.2. The van der Waals surface area contributed by atoms with E-state index in [4.69, 9.17) is 21.3 Å². The van der Waals surface area contributed by atoms with E-state index in [1.807, 2.05) is 0 Å². The van der Waals surface area contributed by atoms with E-state index >= 15 is 0 Å². The first-order valence-corrected chi connectivity index (χ1v) is 4.28. The van der Waals surface area contributed by atoms with Crippen molar-refractivity contribution >= 4 is 20.1 Å². The zero-order chi connectivity index (χ0) is 5.91. The Labute approximate surface area is 54.8 Å². The second kappa shape index (κ2) is 4.44. The molecular weight excluding hydrogens is 150 g/mol. The average molecular weight is 163 g/mol. The molecule has 0 unspecified atom stereocenters. The van der Waals surface area contributed by atoms with Gasteiger partial charge in [-0.1, -0.05) is 0 Å². The number of hydrogen-bond acceptors (Lipinski definition) is 4. The Bertz CT molecular complexity index is 56.0. The fraction of sp³-hybridized carbons (Fsp3) is 1.00. The molecule has 0 aromatic rings. The predicted molar refractivity (Wildman–Crippen MR) is 38.1 cm³/mol. The molecule has 6 N–H and O–H groups in total. The van der Waals surface area contributed by atoms with Gasteiger partial charge in [-0.25, -0.2) is 0 Å². The van der Waals surface area contributed by atoms with Crippen LogP contribution in [0.1, 0.15) is 0 Å². The summed E-state index contributed by atoms with van der Waals surface area (Å²) in [5.74, 6) is 0. The standard InChI is InChI=1S/C2H11N2O2P.ClH/c3-1-7(5,6)2-4;/h5-7H,1-4H2;1H. The Morgan fingerprint density at radius 1 is 1.12 bits per heavy atom. The van der Waals surface area contributed by atoms with Crippen molar-refractivity contribution in [2.24, 2.45) is 11.5 Å². The van der Waals surface area contributed by atoms with E-state index in [0.717, 1.165) is 0 Å². The van der Waals surface area contributed by atoms with E-state index in [1.165, 1.54) is 0 Å². The summed E-state index contributed by atoms with van der Waals surface area (Å²) in [7, 11) is -3.10. The van der Waals surface area contributed by atoms with Crippen LogP contribution in [0.25, 0.3) is 0 Å². The van der Waals surface area contributed by atoms with E-state index in [1.54, 1.807) is 0 Å². The van der Waals surface area contributed by atoms with Crippen molar-refractivity contribution in [2.45, 2.75) is 0 Å². The number of nitrogens with two attached hydrogens (primary N) is 2. The van der Waals surface area contributed by atoms with Crippen LogP contribution in [-0.2, 0) is 0 Å². The SMILES string of the molecule is Cl.NC[PH](O)(O)CN. The normalized spacial score (nSPS) is 12.5. The minimum atomic E-state index is -3.10. The summed E-state index contributed by atoms with van der Waals surface area (Å²) >= 11 is 0.